The molecular formula is C16H16Cl2N2O3S3. The number of hydrogen-bond donors (Lipinski definition) is 0. The van der Waals surface area contributed by atoms with Crippen LogP contribution in [-0.4, -0.2) is 55.5 Å². The molecule has 0 saturated carbocycles. The van der Waals surface area contributed by atoms with E-state index in [9.17, 15) is 13.2 Å². The summed E-state index contributed by atoms with van der Waals surface area (Å²) in [7, 11) is -3.79. The Morgan fingerprint density at radius 1 is 1.08 bits per heavy atom. The average molecular weight is 451 g/mol. The minimum atomic E-state index is -3.79. The van der Waals surface area contributed by atoms with E-state index in [1.54, 1.807) is 22.3 Å². The Morgan fingerprint density at radius 3 is 2.31 bits per heavy atom. The summed E-state index contributed by atoms with van der Waals surface area (Å²) in [6.45, 7) is 1.15. The van der Waals surface area contributed by atoms with Crippen molar-refractivity contribution in [1.29, 1.82) is 0 Å². The molecule has 1 amide bonds. The quantitative estimate of drug-likeness (QED) is 0.651. The first-order chi connectivity index (χ1) is 12.4. The third-order valence-electron chi connectivity index (χ3n) is 3.94. The first-order valence-corrected chi connectivity index (χ1v) is 11.8. The van der Waals surface area contributed by atoms with Crippen LogP contribution in [0.25, 0.3) is 0 Å². The van der Waals surface area contributed by atoms with Crippen LogP contribution < -0.4 is 0 Å². The molecule has 3 rings (SSSR count). The smallest absolute Gasteiger partial charge is 0.246 e. The zero-order valence-electron chi connectivity index (χ0n) is 13.6. The fourth-order valence-electron chi connectivity index (χ4n) is 2.61. The molecule has 0 unspecified atom stereocenters. The lowest BCUT2D eigenvalue weighted by molar-refractivity contribution is -0.129. The van der Waals surface area contributed by atoms with Crippen LogP contribution in [-0.2, 0) is 14.8 Å². The molecule has 1 aromatic carbocycles. The molecule has 2 aromatic rings. The molecule has 140 valence electrons. The molecule has 1 aliphatic rings. The molecule has 0 N–H and O–H groups in total. The van der Waals surface area contributed by atoms with Crippen molar-refractivity contribution in [1.82, 2.24) is 9.21 Å². The normalized spacial score (nSPS) is 16.0. The van der Waals surface area contributed by atoms with Gasteiger partial charge in [0.15, 0.2) is 0 Å². The number of piperazine rings is 1. The minimum absolute atomic E-state index is 0.0104. The van der Waals surface area contributed by atoms with Crippen LogP contribution in [0.3, 0.4) is 0 Å². The highest BCUT2D eigenvalue weighted by Gasteiger charge is 2.32. The van der Waals surface area contributed by atoms with Crippen LogP contribution >= 0.6 is 46.3 Å². The van der Waals surface area contributed by atoms with Gasteiger partial charge in [0.25, 0.3) is 0 Å². The number of halogens is 2. The van der Waals surface area contributed by atoms with Crippen molar-refractivity contribution >= 4 is 62.2 Å². The zero-order chi connectivity index (χ0) is 18.7. The first kappa shape index (κ1) is 20.0. The molecule has 0 spiro atoms. The van der Waals surface area contributed by atoms with Crippen molar-refractivity contribution in [3.63, 3.8) is 0 Å². The van der Waals surface area contributed by atoms with E-state index in [1.165, 1.54) is 28.2 Å². The second-order valence-electron chi connectivity index (χ2n) is 5.56. The molecule has 0 aliphatic carbocycles. The summed E-state index contributed by atoms with van der Waals surface area (Å²) >= 11 is 15.2. The van der Waals surface area contributed by atoms with Gasteiger partial charge in [-0.3, -0.25) is 4.79 Å². The topological polar surface area (TPSA) is 57.7 Å². The highest BCUT2D eigenvalue weighted by Crippen LogP contribution is 2.32. The lowest BCUT2D eigenvalue weighted by Gasteiger charge is -2.34. The monoisotopic (exact) mass is 450 g/mol. The third-order valence-corrected chi connectivity index (χ3v) is 8.91. The second kappa shape index (κ2) is 8.50. The van der Waals surface area contributed by atoms with Gasteiger partial charge in [0, 0.05) is 26.2 Å². The van der Waals surface area contributed by atoms with Crippen LogP contribution in [0.1, 0.15) is 0 Å². The van der Waals surface area contributed by atoms with Crippen molar-refractivity contribution in [2.45, 2.75) is 9.10 Å². The fraction of sp³-hybridized carbons (Fsp3) is 0.312. The number of thiophene rings is 1. The predicted octanol–water partition coefficient (Wildman–Crippen LogP) is 3.68. The molecule has 1 saturated heterocycles. The Balaban J connectivity index is 1.62. The Kier molecular flexibility index (Phi) is 6.53. The Bertz CT molecular complexity index is 860. The molecule has 1 fully saturated rings. The second-order valence-corrected chi connectivity index (χ2v) is 10.5. The highest BCUT2D eigenvalue weighted by molar-refractivity contribution is 8.01. The van der Waals surface area contributed by atoms with Crippen molar-refractivity contribution in [2.75, 3.05) is 31.9 Å². The Hall–Kier alpha value is -0.770. The fourth-order valence-corrected chi connectivity index (χ4v) is 6.81. The molecule has 0 atom stereocenters. The van der Waals surface area contributed by atoms with Gasteiger partial charge in [-0.1, -0.05) is 35.3 Å². The van der Waals surface area contributed by atoms with E-state index in [1.807, 2.05) is 17.5 Å². The SMILES string of the molecule is O=C(CSc1cccs1)N1CCN(S(=O)(=O)c2c(Cl)cccc2Cl)CC1. The summed E-state index contributed by atoms with van der Waals surface area (Å²) in [6, 6.07) is 8.52. The molecule has 5 nitrogen and oxygen atoms in total. The summed E-state index contributed by atoms with van der Waals surface area (Å²) in [4.78, 5) is 13.9. The predicted molar refractivity (Wildman–Crippen MR) is 107 cm³/mol. The summed E-state index contributed by atoms with van der Waals surface area (Å²) in [5.41, 5.74) is 0. The number of carbonyl (C=O) groups excluding carboxylic acids is 1. The number of rotatable bonds is 5. The Morgan fingerprint density at radius 2 is 1.73 bits per heavy atom. The number of nitrogens with zero attached hydrogens (tertiary/aromatic N) is 2. The number of sulfonamides is 1. The van der Waals surface area contributed by atoms with Crippen LogP contribution in [0, 0.1) is 0 Å². The van der Waals surface area contributed by atoms with Gasteiger partial charge in [-0.15, -0.1) is 23.1 Å². The molecule has 26 heavy (non-hydrogen) atoms. The van der Waals surface area contributed by atoms with Gasteiger partial charge in [0.2, 0.25) is 15.9 Å². The van der Waals surface area contributed by atoms with Crippen LogP contribution in [0.15, 0.2) is 44.8 Å². The Labute approximate surface area is 170 Å². The zero-order valence-corrected chi connectivity index (χ0v) is 17.6. The van der Waals surface area contributed by atoms with Gasteiger partial charge in [0.05, 0.1) is 20.0 Å². The summed E-state index contributed by atoms with van der Waals surface area (Å²) in [6.07, 6.45) is 0. The first-order valence-electron chi connectivity index (χ1n) is 7.78. The summed E-state index contributed by atoms with van der Waals surface area (Å²) < 4.78 is 28.1. The van der Waals surface area contributed by atoms with E-state index < -0.39 is 10.0 Å². The van der Waals surface area contributed by atoms with E-state index in [2.05, 4.69) is 0 Å². The molecule has 0 bridgehead atoms. The van der Waals surface area contributed by atoms with E-state index in [4.69, 9.17) is 23.2 Å². The van der Waals surface area contributed by atoms with Gasteiger partial charge in [0.1, 0.15) is 4.90 Å². The average Bonchev–Trinajstić information content (AvgIpc) is 3.13. The van der Waals surface area contributed by atoms with E-state index in [0.717, 1.165) is 4.21 Å². The van der Waals surface area contributed by atoms with Crippen molar-refractivity contribution in [3.8, 4) is 0 Å². The van der Waals surface area contributed by atoms with Crippen molar-refractivity contribution in [2.24, 2.45) is 0 Å². The number of thioether (sulfide) groups is 1. The van der Waals surface area contributed by atoms with Crippen LogP contribution in [0.4, 0.5) is 0 Å². The highest BCUT2D eigenvalue weighted by atomic mass is 35.5. The maximum atomic E-state index is 12.8. The standard InChI is InChI=1S/C16H16Cl2N2O3S3/c17-12-3-1-4-13(18)16(12)26(22,23)20-8-6-19(7-9-20)14(21)11-25-15-5-2-10-24-15/h1-5,10H,6-9,11H2. The van der Waals surface area contributed by atoms with Crippen LogP contribution in [0.2, 0.25) is 10.0 Å². The number of benzene rings is 1. The lowest BCUT2D eigenvalue weighted by atomic mass is 10.3. The van der Waals surface area contributed by atoms with E-state index in [0.29, 0.717) is 18.8 Å². The maximum Gasteiger partial charge on any atom is 0.246 e. The van der Waals surface area contributed by atoms with Gasteiger partial charge < -0.3 is 4.90 Å². The van der Waals surface area contributed by atoms with Gasteiger partial charge >= 0.3 is 0 Å². The molecular weight excluding hydrogens is 435 g/mol. The third kappa shape index (κ3) is 4.37. The molecule has 10 heteroatoms. The minimum Gasteiger partial charge on any atom is -0.339 e. The number of carbonyl (C=O) groups is 1. The van der Waals surface area contributed by atoms with Gasteiger partial charge in [-0.2, -0.15) is 4.31 Å². The van der Waals surface area contributed by atoms with E-state index >= 15 is 0 Å². The van der Waals surface area contributed by atoms with Crippen molar-refractivity contribution in [3.05, 3.63) is 45.8 Å². The summed E-state index contributed by atoms with van der Waals surface area (Å²) in [5, 5.41) is 2.17. The molecule has 1 aromatic heterocycles. The van der Waals surface area contributed by atoms with Gasteiger partial charge in [-0.25, -0.2) is 8.42 Å². The number of hydrogen-bond acceptors (Lipinski definition) is 5. The lowest BCUT2D eigenvalue weighted by Crippen LogP contribution is -2.51. The van der Waals surface area contributed by atoms with E-state index in [-0.39, 0.29) is 33.9 Å². The largest absolute Gasteiger partial charge is 0.339 e. The van der Waals surface area contributed by atoms with Crippen molar-refractivity contribution < 1.29 is 13.2 Å². The van der Waals surface area contributed by atoms with Gasteiger partial charge in [-0.05, 0) is 23.6 Å². The maximum absolute atomic E-state index is 12.8. The molecule has 2 heterocycles. The molecule has 1 aliphatic heterocycles. The molecule has 0 radical (unpaired) electrons. The van der Waals surface area contributed by atoms with Crippen LogP contribution in [0.5, 0.6) is 0 Å². The number of amides is 1. The summed E-state index contributed by atoms with van der Waals surface area (Å²) in [5.74, 6) is 0.361.